The number of nitrogens with one attached hydrogen (secondary N) is 3. The Morgan fingerprint density at radius 3 is 1.60 bits per heavy atom. The normalized spacial score (nSPS) is 20.3. The summed E-state index contributed by atoms with van der Waals surface area (Å²) in [6.07, 6.45) is -0.322. The highest BCUT2D eigenvalue weighted by atomic mass is 19.1. The second-order valence-electron chi connectivity index (χ2n) is 30.6. The highest BCUT2D eigenvalue weighted by Crippen LogP contribution is 2.37. The minimum atomic E-state index is -1.59. The molecule has 0 radical (unpaired) electrons. The lowest BCUT2D eigenvalue weighted by molar-refractivity contribution is -0.146. The van der Waals surface area contributed by atoms with Crippen molar-refractivity contribution in [2.75, 3.05) is 138 Å². The monoisotopic (exact) mass is 1670 g/mol. The standard InChI is InChI=1S/C31H34F2N6O5.C30H33N7O4.C26H27FN6O4/c1-38-12-9-27(23(32)16-38)43-22-5-3-21(4-6-22)36-29-8-11-35-30(37-29)19-2-7-26(20(14-19)15-34)44-28-10-13-39(17-24(28)33)31(42)25(41)18-40;1-40-27-15-22(3-6-26(27)36-12-10-35(11-13-36)23-18-41-19-23)33-28-8-9-32-30(34-28)20-2-5-25(21(14-20)16-31)37-17-24(38)4-7-29(37)39;1-26(2,36)22-12-18(5-8-29-22)31-23-6-9-30-25(32-23)16-3-4-20(17(11-16)13-28)37-21-7-10-33(14-19(21)27)24(35)15-34/h2-8,11,14,23-25,27-28,40-41H,9-10,12-13,16-18H2,1H3,(H,35,36,37);2-3,5-6,8-9,14-15,23-24,38H,4,7,10-13,17-19H2,1H3,(H,32,33,34);3-6,8-9,11-12,19,21,34,36H,7,10,14-15H2,1-2H3,(H,29,30,31,32)/t23-,24-,25+,27+,28+;24-;19-,21+/m111/s1. The molecule has 5 aromatic carbocycles. The molecule has 6 saturated heterocycles. The summed E-state index contributed by atoms with van der Waals surface area (Å²) in [5.74, 6) is 3.19. The summed E-state index contributed by atoms with van der Waals surface area (Å²) in [7, 11) is 3.58. The quantitative estimate of drug-likeness (QED) is 0.0298. The highest BCUT2D eigenvalue weighted by Gasteiger charge is 2.38. The van der Waals surface area contributed by atoms with Crippen LogP contribution in [0.1, 0.15) is 68.3 Å². The van der Waals surface area contributed by atoms with Gasteiger partial charge in [0, 0.05) is 136 Å². The number of aliphatic hydroxyl groups is 5. The summed E-state index contributed by atoms with van der Waals surface area (Å²) in [5, 5.41) is 86.8. The van der Waals surface area contributed by atoms with Crippen LogP contribution < -0.4 is 44.7 Å². The number of likely N-dealkylation sites (tertiary alicyclic amines) is 3. The maximum Gasteiger partial charge on any atom is 0.253 e. The van der Waals surface area contributed by atoms with Crippen LogP contribution in [0.25, 0.3) is 34.2 Å². The SMILES string of the molecule is CC(C)(O)c1cc(Nc2ccnc(-c3ccc(O[C@H]4CCN(C(=O)CO)C[C@H]4F)c(C#N)c3)n2)ccn1.CN1CC[C@H](Oc2ccc(Nc3ccnc(-c4ccc(O[C@H]5CCN(C(=O)[C@@H](O)CO)C[C@H]5F)c(C#N)c4)n3)cc2)[C@H](F)C1.COc1cc(Nc2ccnc(-c3ccc(N4C[C@H](O)CCC4=O)c(C#N)c3)n2)ccc1N1CCN(C2COC2)CC1. The van der Waals surface area contributed by atoms with Gasteiger partial charge in [-0.2, -0.15) is 15.8 Å². The molecule has 9 aromatic rings. The molecule has 10 heterocycles. The number of alkyl halides is 3. The number of piperidine rings is 4. The number of amides is 3. The number of hydrogen-bond acceptors (Lipinski definition) is 29. The Kier molecular flexibility index (Phi) is 28.6. The van der Waals surface area contributed by atoms with Crippen molar-refractivity contribution in [2.24, 2.45) is 0 Å². The van der Waals surface area contributed by atoms with Crippen molar-refractivity contribution in [3.8, 4) is 75.4 Å². The summed E-state index contributed by atoms with van der Waals surface area (Å²) in [6, 6.07) is 43.6. The summed E-state index contributed by atoms with van der Waals surface area (Å²) in [6.45, 7) is 8.70. The van der Waals surface area contributed by atoms with E-state index in [1.54, 1.807) is 143 Å². The molecule has 636 valence electrons. The largest absolute Gasteiger partial charge is 0.495 e. The molecular formula is C87H94F3N19O13. The molecule has 0 unspecified atom stereocenters. The number of methoxy groups -OCH3 is 1. The number of ether oxygens (including phenoxy) is 5. The molecule has 122 heavy (non-hydrogen) atoms. The van der Waals surface area contributed by atoms with Gasteiger partial charge < -0.3 is 89.7 Å². The zero-order valence-electron chi connectivity index (χ0n) is 67.6. The van der Waals surface area contributed by atoms with Gasteiger partial charge in [0.1, 0.15) is 95.4 Å². The van der Waals surface area contributed by atoms with Crippen molar-refractivity contribution < 1.29 is 76.8 Å². The summed E-state index contributed by atoms with van der Waals surface area (Å²) in [4.78, 5) is 77.8. The number of nitriles is 3. The molecule has 6 aliphatic heterocycles. The average molecular weight is 1670 g/mol. The molecule has 0 aliphatic carbocycles. The van der Waals surface area contributed by atoms with Crippen LogP contribution >= 0.6 is 0 Å². The first-order chi connectivity index (χ1) is 58.9. The van der Waals surface area contributed by atoms with Gasteiger partial charge in [-0.25, -0.2) is 43.1 Å². The Morgan fingerprint density at radius 2 is 1.07 bits per heavy atom. The van der Waals surface area contributed by atoms with Crippen molar-refractivity contribution in [3.63, 3.8) is 0 Å². The van der Waals surface area contributed by atoms with Crippen LogP contribution in [0.4, 0.5) is 59.1 Å². The second-order valence-corrected chi connectivity index (χ2v) is 30.6. The van der Waals surface area contributed by atoms with Crippen LogP contribution in [0.2, 0.25) is 0 Å². The van der Waals surface area contributed by atoms with E-state index in [0.717, 1.165) is 73.6 Å². The van der Waals surface area contributed by atoms with E-state index < -0.39 is 79.7 Å². The molecule has 35 heteroatoms. The minimum absolute atomic E-state index is 0.102. The van der Waals surface area contributed by atoms with Gasteiger partial charge in [-0.15, -0.1) is 0 Å². The number of pyridine rings is 1. The first-order valence-corrected chi connectivity index (χ1v) is 40.0. The number of aliphatic hydroxyl groups excluding tert-OH is 4. The second kappa shape index (κ2) is 40.1. The molecular weight excluding hydrogens is 1580 g/mol. The predicted octanol–water partition coefficient (Wildman–Crippen LogP) is 8.32. The van der Waals surface area contributed by atoms with E-state index >= 15 is 0 Å². The molecule has 6 aliphatic rings. The van der Waals surface area contributed by atoms with Gasteiger partial charge in [-0.05, 0) is 155 Å². The van der Waals surface area contributed by atoms with Crippen molar-refractivity contribution in [1.29, 1.82) is 15.8 Å². The summed E-state index contributed by atoms with van der Waals surface area (Å²) >= 11 is 0. The molecule has 0 spiro atoms. The van der Waals surface area contributed by atoms with Crippen molar-refractivity contribution in [3.05, 3.63) is 175 Å². The average Bonchev–Trinajstić information content (AvgIpc) is 0.776. The smallest absolute Gasteiger partial charge is 0.253 e. The van der Waals surface area contributed by atoms with Crippen LogP contribution in [0.15, 0.2) is 152 Å². The fourth-order valence-corrected chi connectivity index (χ4v) is 14.7. The number of aromatic nitrogens is 7. The molecule has 4 aromatic heterocycles. The number of hydrogen-bond donors (Lipinski definition) is 8. The van der Waals surface area contributed by atoms with Gasteiger partial charge in [0.2, 0.25) is 11.8 Å². The zero-order chi connectivity index (χ0) is 86.1. The van der Waals surface area contributed by atoms with E-state index in [2.05, 4.69) is 84.9 Å². The molecule has 3 amide bonds. The third-order valence-corrected chi connectivity index (χ3v) is 21.5. The van der Waals surface area contributed by atoms with Gasteiger partial charge in [-0.3, -0.25) is 24.3 Å². The number of carbonyl (C=O) groups is 3. The van der Waals surface area contributed by atoms with E-state index in [4.69, 9.17) is 33.9 Å². The number of halogens is 3. The fourth-order valence-electron chi connectivity index (χ4n) is 14.7. The Balaban J connectivity index is 0.000000158. The lowest BCUT2D eigenvalue weighted by Crippen LogP contribution is -2.56. The molecule has 0 saturated carbocycles. The molecule has 0 bridgehead atoms. The molecule has 6 fully saturated rings. The lowest BCUT2D eigenvalue weighted by Gasteiger charge is -2.43. The fraction of sp³-hybridized carbons (Fsp3) is 0.391. The first kappa shape index (κ1) is 87.1. The van der Waals surface area contributed by atoms with Crippen molar-refractivity contribution in [2.45, 2.75) is 107 Å². The Morgan fingerprint density at radius 1 is 0.574 bits per heavy atom. The topological polar surface area (TPSA) is 416 Å². The summed E-state index contributed by atoms with van der Waals surface area (Å²) < 4.78 is 72.5. The van der Waals surface area contributed by atoms with Gasteiger partial charge in [0.15, 0.2) is 35.9 Å². The van der Waals surface area contributed by atoms with E-state index in [9.17, 15) is 58.7 Å². The Bertz CT molecular complexity index is 5300. The number of benzene rings is 5. The van der Waals surface area contributed by atoms with Gasteiger partial charge in [0.05, 0.1) is 92.5 Å². The van der Waals surface area contributed by atoms with E-state index in [-0.39, 0.29) is 80.5 Å². The van der Waals surface area contributed by atoms with Crippen LogP contribution in [-0.4, -0.2) is 265 Å². The van der Waals surface area contributed by atoms with Crippen LogP contribution in [0.5, 0.6) is 23.0 Å². The van der Waals surface area contributed by atoms with Crippen LogP contribution in [-0.2, 0) is 24.7 Å². The van der Waals surface area contributed by atoms with Crippen LogP contribution in [0, 0.1) is 34.0 Å². The zero-order valence-corrected chi connectivity index (χ0v) is 67.6. The van der Waals surface area contributed by atoms with Crippen molar-refractivity contribution >= 4 is 63.6 Å². The van der Waals surface area contributed by atoms with E-state index in [1.807, 2.05) is 36.2 Å². The Hall–Kier alpha value is -12.8. The third kappa shape index (κ3) is 21.9. The number of rotatable bonds is 23. The van der Waals surface area contributed by atoms with Crippen LogP contribution in [0.3, 0.4) is 0 Å². The number of carbonyl (C=O) groups excluding carboxylic acids is 3. The van der Waals surface area contributed by atoms with Crippen molar-refractivity contribution in [1.82, 2.24) is 54.5 Å². The van der Waals surface area contributed by atoms with Gasteiger partial charge in [0.25, 0.3) is 5.91 Å². The number of piperazine rings is 1. The maximum absolute atomic E-state index is 14.9. The third-order valence-electron chi connectivity index (χ3n) is 21.5. The Labute approximate surface area is 702 Å². The predicted molar refractivity (Wildman–Crippen MR) is 444 cm³/mol. The first-order valence-electron chi connectivity index (χ1n) is 40.0. The van der Waals surface area contributed by atoms with Gasteiger partial charge >= 0.3 is 0 Å². The number of nitrogens with zero attached hydrogens (tertiary/aromatic N) is 16. The lowest BCUT2D eigenvalue weighted by atomic mass is 10.0. The molecule has 8 N–H and O–H groups in total. The maximum atomic E-state index is 14.9. The number of anilines is 8. The van der Waals surface area contributed by atoms with Gasteiger partial charge in [-0.1, -0.05) is 0 Å². The van der Waals surface area contributed by atoms with E-state index in [1.165, 1.54) is 9.80 Å². The highest BCUT2D eigenvalue weighted by molar-refractivity contribution is 5.96. The van der Waals surface area contributed by atoms with E-state index in [0.29, 0.717) is 105 Å². The minimum Gasteiger partial charge on any atom is -0.495 e. The molecule has 15 rings (SSSR count). The number of β-amino-alcohol motifs (C(OH)–C–C–N with tert-alkyl or cyclic N) is 1. The molecule has 8 atom stereocenters. The molecule has 32 nitrogen and oxygen atoms in total. The summed E-state index contributed by atoms with van der Waals surface area (Å²) in [5.41, 5.74) is 5.68.